The van der Waals surface area contributed by atoms with Gasteiger partial charge in [0.15, 0.2) is 0 Å². The Morgan fingerprint density at radius 3 is 2.86 bits per heavy atom. The summed E-state index contributed by atoms with van der Waals surface area (Å²) in [5, 5.41) is 15.0. The number of rotatable bonds is 6. The number of para-hydroxylation sites is 1. The zero-order chi connectivity index (χ0) is 15.8. The maximum absolute atomic E-state index is 12.1. The van der Waals surface area contributed by atoms with E-state index in [0.717, 1.165) is 32.4 Å². The monoisotopic (exact) mass is 305 g/mol. The smallest absolute Gasteiger partial charge is 0.315 e. The number of nitrogens with one attached hydrogen (secondary N) is 2. The van der Waals surface area contributed by atoms with Gasteiger partial charge in [0, 0.05) is 37.5 Å². The summed E-state index contributed by atoms with van der Waals surface area (Å²) >= 11 is 0. The Hall–Kier alpha value is -1.75. The van der Waals surface area contributed by atoms with Crippen molar-refractivity contribution in [3.63, 3.8) is 0 Å². The van der Waals surface area contributed by atoms with Gasteiger partial charge in [-0.2, -0.15) is 0 Å². The average Bonchev–Trinajstić information content (AvgIpc) is 2.55. The fraction of sp³-hybridized carbons (Fsp3) is 0.588. The molecule has 2 atom stereocenters. The minimum atomic E-state index is -0.125. The molecule has 5 nitrogen and oxygen atoms in total. The Morgan fingerprint density at radius 1 is 1.41 bits per heavy atom. The van der Waals surface area contributed by atoms with Gasteiger partial charge in [-0.25, -0.2) is 4.79 Å². The molecule has 0 spiro atoms. The van der Waals surface area contributed by atoms with Crippen LogP contribution in [-0.2, 0) is 0 Å². The molecule has 3 N–H and O–H groups in total. The van der Waals surface area contributed by atoms with Gasteiger partial charge in [0.2, 0.25) is 0 Å². The Kier molecular flexibility index (Phi) is 6.52. The fourth-order valence-corrected chi connectivity index (χ4v) is 2.91. The normalized spacial score (nSPS) is 19.5. The lowest BCUT2D eigenvalue weighted by molar-refractivity contribution is 0.223. The minimum absolute atomic E-state index is 0.0406. The third-order valence-electron chi connectivity index (χ3n) is 4.18. The minimum Gasteiger partial charge on any atom is -0.396 e. The predicted octanol–water partition coefficient (Wildman–Crippen LogP) is 2.12. The summed E-state index contributed by atoms with van der Waals surface area (Å²) in [7, 11) is 0. The first kappa shape index (κ1) is 16.6. The number of hydrogen-bond donors (Lipinski definition) is 3. The molecular weight excluding hydrogens is 278 g/mol. The van der Waals surface area contributed by atoms with Gasteiger partial charge in [-0.15, -0.1) is 0 Å². The van der Waals surface area contributed by atoms with Crippen LogP contribution in [0.3, 0.4) is 0 Å². The number of aliphatic hydroxyl groups is 1. The quantitative estimate of drug-likeness (QED) is 0.754. The van der Waals surface area contributed by atoms with Crippen molar-refractivity contribution in [1.82, 2.24) is 10.6 Å². The number of amides is 2. The number of carbonyl (C=O) groups excluding carboxylic acids is 1. The van der Waals surface area contributed by atoms with E-state index < -0.39 is 0 Å². The molecule has 5 heteroatoms. The van der Waals surface area contributed by atoms with Crippen molar-refractivity contribution >= 4 is 11.7 Å². The molecule has 1 aromatic rings. The van der Waals surface area contributed by atoms with Crippen molar-refractivity contribution in [1.29, 1.82) is 0 Å². The highest BCUT2D eigenvalue weighted by Gasteiger charge is 2.22. The Labute approximate surface area is 132 Å². The van der Waals surface area contributed by atoms with Crippen molar-refractivity contribution in [2.45, 2.75) is 44.7 Å². The maximum atomic E-state index is 12.1. The topological polar surface area (TPSA) is 64.6 Å². The van der Waals surface area contributed by atoms with Crippen LogP contribution in [0.1, 0.15) is 32.6 Å². The molecule has 0 bridgehead atoms. The standard InChI is InChI=1S/C17H27N3O2/c1-2-14(10-12-21)18-17(22)19-15-7-6-11-20(13-15)16-8-4-3-5-9-16/h3-5,8-9,14-15,21H,2,6-7,10-13H2,1H3,(H2,18,19,22). The van der Waals surface area contributed by atoms with Crippen LogP contribution in [0.25, 0.3) is 0 Å². The second-order valence-electron chi connectivity index (χ2n) is 5.86. The van der Waals surface area contributed by atoms with Crippen LogP contribution in [0.2, 0.25) is 0 Å². The number of nitrogens with zero attached hydrogens (tertiary/aromatic N) is 1. The highest BCUT2D eigenvalue weighted by atomic mass is 16.3. The van der Waals surface area contributed by atoms with E-state index >= 15 is 0 Å². The highest BCUT2D eigenvalue weighted by molar-refractivity contribution is 5.74. The van der Waals surface area contributed by atoms with Crippen molar-refractivity contribution < 1.29 is 9.90 Å². The molecule has 1 aliphatic heterocycles. The molecule has 1 heterocycles. The fourth-order valence-electron chi connectivity index (χ4n) is 2.91. The number of urea groups is 1. The molecule has 1 aromatic carbocycles. The summed E-state index contributed by atoms with van der Waals surface area (Å²) in [6, 6.07) is 10.4. The first-order valence-electron chi connectivity index (χ1n) is 8.20. The lowest BCUT2D eigenvalue weighted by Gasteiger charge is -2.35. The van der Waals surface area contributed by atoms with Crippen LogP contribution >= 0.6 is 0 Å². The van der Waals surface area contributed by atoms with Gasteiger partial charge in [-0.3, -0.25) is 0 Å². The van der Waals surface area contributed by atoms with Crippen LogP contribution in [0.5, 0.6) is 0 Å². The first-order chi connectivity index (χ1) is 10.7. The van der Waals surface area contributed by atoms with Crippen molar-refractivity contribution in [2.24, 2.45) is 0 Å². The number of benzene rings is 1. The van der Waals surface area contributed by atoms with Crippen LogP contribution in [0, 0.1) is 0 Å². The number of hydrogen-bond acceptors (Lipinski definition) is 3. The third-order valence-corrected chi connectivity index (χ3v) is 4.18. The van der Waals surface area contributed by atoms with Gasteiger partial charge in [0.1, 0.15) is 0 Å². The van der Waals surface area contributed by atoms with Crippen LogP contribution < -0.4 is 15.5 Å². The number of piperidine rings is 1. The van der Waals surface area contributed by atoms with Gasteiger partial charge in [-0.05, 0) is 37.8 Å². The zero-order valence-electron chi connectivity index (χ0n) is 13.3. The third kappa shape index (κ3) is 4.91. The Balaban J connectivity index is 1.83. The molecular formula is C17H27N3O2. The summed E-state index contributed by atoms with van der Waals surface area (Å²) in [5.74, 6) is 0. The molecule has 0 aromatic heterocycles. The van der Waals surface area contributed by atoms with E-state index in [1.165, 1.54) is 5.69 Å². The second-order valence-corrected chi connectivity index (χ2v) is 5.86. The van der Waals surface area contributed by atoms with E-state index in [1.54, 1.807) is 0 Å². The summed E-state index contributed by atoms with van der Waals surface area (Å²) in [6.45, 7) is 3.99. The number of anilines is 1. The van der Waals surface area contributed by atoms with E-state index in [9.17, 15) is 4.79 Å². The molecule has 2 unspecified atom stereocenters. The largest absolute Gasteiger partial charge is 0.396 e. The SMILES string of the molecule is CCC(CCO)NC(=O)NC1CCCN(c2ccccc2)C1. The van der Waals surface area contributed by atoms with E-state index in [2.05, 4.69) is 27.7 Å². The Bertz CT molecular complexity index is 452. The first-order valence-corrected chi connectivity index (χ1v) is 8.20. The van der Waals surface area contributed by atoms with Crippen LogP contribution in [-0.4, -0.2) is 42.9 Å². The molecule has 1 fully saturated rings. The van der Waals surface area contributed by atoms with Gasteiger partial charge >= 0.3 is 6.03 Å². The van der Waals surface area contributed by atoms with Crippen molar-refractivity contribution in [2.75, 3.05) is 24.6 Å². The Morgan fingerprint density at radius 2 is 2.18 bits per heavy atom. The molecule has 0 saturated carbocycles. The second kappa shape index (κ2) is 8.63. The predicted molar refractivity (Wildman–Crippen MR) is 89.1 cm³/mol. The number of carbonyl (C=O) groups is 1. The van der Waals surface area contributed by atoms with E-state index in [0.29, 0.717) is 6.42 Å². The lowest BCUT2D eigenvalue weighted by Crippen LogP contribution is -2.52. The summed E-state index contributed by atoms with van der Waals surface area (Å²) < 4.78 is 0. The van der Waals surface area contributed by atoms with E-state index in [1.807, 2.05) is 25.1 Å². The van der Waals surface area contributed by atoms with Crippen LogP contribution in [0.4, 0.5) is 10.5 Å². The summed E-state index contributed by atoms with van der Waals surface area (Å²) in [5.41, 5.74) is 1.21. The molecule has 2 rings (SSSR count). The van der Waals surface area contributed by atoms with E-state index in [-0.39, 0.29) is 24.7 Å². The highest BCUT2D eigenvalue weighted by Crippen LogP contribution is 2.19. The van der Waals surface area contributed by atoms with E-state index in [4.69, 9.17) is 5.11 Å². The van der Waals surface area contributed by atoms with Gasteiger partial charge < -0.3 is 20.6 Å². The van der Waals surface area contributed by atoms with Gasteiger partial charge in [0.05, 0.1) is 0 Å². The number of aliphatic hydroxyl groups excluding tert-OH is 1. The molecule has 122 valence electrons. The average molecular weight is 305 g/mol. The van der Waals surface area contributed by atoms with Crippen LogP contribution in [0.15, 0.2) is 30.3 Å². The molecule has 1 saturated heterocycles. The molecule has 1 aliphatic rings. The molecule has 0 aliphatic carbocycles. The molecule has 0 radical (unpaired) electrons. The summed E-state index contributed by atoms with van der Waals surface area (Å²) in [4.78, 5) is 14.4. The summed E-state index contributed by atoms with van der Waals surface area (Å²) in [6.07, 6.45) is 3.51. The van der Waals surface area contributed by atoms with Crippen molar-refractivity contribution in [3.05, 3.63) is 30.3 Å². The lowest BCUT2D eigenvalue weighted by atomic mass is 10.0. The van der Waals surface area contributed by atoms with Crippen molar-refractivity contribution in [3.8, 4) is 0 Å². The molecule has 22 heavy (non-hydrogen) atoms. The zero-order valence-corrected chi connectivity index (χ0v) is 13.3. The molecule has 2 amide bonds. The van der Waals surface area contributed by atoms with Gasteiger partial charge in [-0.1, -0.05) is 25.1 Å². The van der Waals surface area contributed by atoms with Gasteiger partial charge in [0.25, 0.3) is 0 Å². The maximum Gasteiger partial charge on any atom is 0.315 e.